The van der Waals surface area contributed by atoms with Crippen molar-refractivity contribution in [3.05, 3.63) is 24.1 Å². The van der Waals surface area contributed by atoms with Crippen molar-refractivity contribution in [1.29, 1.82) is 0 Å². The Kier molecular flexibility index (Phi) is 6.32. The first kappa shape index (κ1) is 24.8. The molecule has 2 aromatic heterocycles. The molecule has 3 N–H and O–H groups in total. The van der Waals surface area contributed by atoms with E-state index in [1.54, 1.807) is 12.1 Å². The predicted molar refractivity (Wildman–Crippen MR) is 123 cm³/mol. The van der Waals surface area contributed by atoms with Crippen LogP contribution in [-0.4, -0.2) is 69.4 Å². The van der Waals surface area contributed by atoms with Gasteiger partial charge in [0.2, 0.25) is 23.5 Å². The highest BCUT2D eigenvalue weighted by Crippen LogP contribution is 2.50. The number of carbonyl (C=O) groups excluding carboxylic acids is 2. The number of aliphatic hydroxyl groups is 1. The van der Waals surface area contributed by atoms with E-state index in [0.717, 1.165) is 11.3 Å². The third-order valence-electron chi connectivity index (χ3n) is 5.95. The van der Waals surface area contributed by atoms with Crippen molar-refractivity contribution >= 4 is 50.7 Å². The number of fused-ring (bicyclic) bond motifs is 1. The molecule has 9 nitrogen and oxygen atoms in total. The molecule has 2 saturated heterocycles. The van der Waals surface area contributed by atoms with Gasteiger partial charge in [-0.05, 0) is 17.8 Å². The topological polar surface area (TPSA) is 121 Å². The van der Waals surface area contributed by atoms with Gasteiger partial charge in [-0.1, -0.05) is 17.3 Å². The average Bonchev–Trinajstić information content (AvgIpc) is 3.50. The lowest BCUT2D eigenvalue weighted by Crippen LogP contribution is -2.49. The molecular weight excluding hydrogens is 526 g/mol. The number of hydrogen-bond acceptors (Lipinski definition) is 9. The number of carbonyl (C=O) groups is 2. The molecule has 3 aromatic rings. The average molecular weight is 546 g/mol. The molecule has 4 heterocycles. The van der Waals surface area contributed by atoms with Gasteiger partial charge in [-0.2, -0.15) is 18.2 Å². The van der Waals surface area contributed by atoms with Crippen LogP contribution in [0.1, 0.15) is 24.8 Å². The first-order valence-corrected chi connectivity index (χ1v) is 12.4. The van der Waals surface area contributed by atoms with Crippen LogP contribution in [0.4, 0.5) is 23.2 Å². The number of benzene rings is 1. The number of aliphatic hydroxyl groups excluding tert-OH is 1. The van der Waals surface area contributed by atoms with Crippen molar-refractivity contribution in [2.24, 2.45) is 0 Å². The lowest BCUT2D eigenvalue weighted by molar-refractivity contribution is -0.134. The van der Waals surface area contributed by atoms with Gasteiger partial charge < -0.3 is 25.2 Å². The number of alkyl halides is 4. The van der Waals surface area contributed by atoms with Gasteiger partial charge in [0.15, 0.2) is 0 Å². The van der Waals surface area contributed by atoms with Crippen molar-refractivity contribution in [3.63, 3.8) is 0 Å². The molecule has 4 atom stereocenters. The van der Waals surface area contributed by atoms with E-state index in [1.165, 1.54) is 18.0 Å². The summed E-state index contributed by atoms with van der Waals surface area (Å²) in [5, 5.41) is 19.2. The Labute approximate surface area is 209 Å². The Morgan fingerprint density at radius 1 is 1.33 bits per heavy atom. The number of aromatic nitrogens is 2. The molecular formula is C21H19F4N5O4S2. The number of nitrogens with one attached hydrogen (secondary N) is 2. The first-order valence-electron chi connectivity index (χ1n) is 10.8. The van der Waals surface area contributed by atoms with E-state index in [-0.39, 0.29) is 63.9 Å². The van der Waals surface area contributed by atoms with Crippen molar-refractivity contribution in [2.45, 2.75) is 47.6 Å². The third kappa shape index (κ3) is 4.74. The van der Waals surface area contributed by atoms with Gasteiger partial charge in [0.1, 0.15) is 18.3 Å². The number of piperidine rings is 1. The molecule has 0 unspecified atom stereocenters. The minimum atomic E-state index is -4.62. The van der Waals surface area contributed by atoms with E-state index in [1.807, 2.05) is 0 Å². The van der Waals surface area contributed by atoms with Gasteiger partial charge >= 0.3 is 5.51 Å². The van der Waals surface area contributed by atoms with Crippen LogP contribution in [0, 0.1) is 0 Å². The zero-order chi connectivity index (χ0) is 25.8. The van der Waals surface area contributed by atoms with Gasteiger partial charge in [0.25, 0.3) is 0 Å². The highest BCUT2D eigenvalue weighted by Gasteiger charge is 2.37. The predicted octanol–water partition coefficient (Wildman–Crippen LogP) is 3.47. The number of thiophene rings is 1. The number of halogens is 4. The molecule has 0 aliphatic carbocycles. The number of likely N-dealkylation sites (tertiary alicyclic amines) is 1. The highest BCUT2D eigenvalue weighted by atomic mass is 32.2. The van der Waals surface area contributed by atoms with E-state index in [4.69, 9.17) is 4.52 Å². The number of thioether (sulfide) groups is 1. The highest BCUT2D eigenvalue weighted by molar-refractivity contribution is 8.00. The third-order valence-corrected chi connectivity index (χ3v) is 8.18. The molecule has 0 bridgehead atoms. The summed E-state index contributed by atoms with van der Waals surface area (Å²) in [7, 11) is 1.51. The Morgan fingerprint density at radius 3 is 2.81 bits per heavy atom. The van der Waals surface area contributed by atoms with Crippen LogP contribution in [0.15, 0.2) is 27.6 Å². The van der Waals surface area contributed by atoms with Crippen LogP contribution < -0.4 is 10.6 Å². The molecule has 2 fully saturated rings. The van der Waals surface area contributed by atoms with E-state index in [9.17, 15) is 32.3 Å². The van der Waals surface area contributed by atoms with Crippen LogP contribution in [-0.2, 0) is 9.59 Å². The van der Waals surface area contributed by atoms with Crippen LogP contribution in [0.3, 0.4) is 0 Å². The maximum absolute atomic E-state index is 14.6. The molecule has 0 spiro atoms. The molecule has 192 valence electrons. The maximum Gasteiger partial charge on any atom is 0.446 e. The summed E-state index contributed by atoms with van der Waals surface area (Å²) in [6.45, 7) is -0.0879. The Morgan fingerprint density at radius 2 is 2.11 bits per heavy atom. The summed E-state index contributed by atoms with van der Waals surface area (Å²) >= 11 is 0.643. The van der Waals surface area contributed by atoms with Crippen molar-refractivity contribution < 1.29 is 36.8 Å². The zero-order valence-electron chi connectivity index (χ0n) is 18.5. The van der Waals surface area contributed by atoms with E-state index in [2.05, 4.69) is 20.8 Å². The molecule has 0 radical (unpaired) electrons. The van der Waals surface area contributed by atoms with Crippen molar-refractivity contribution in [1.82, 2.24) is 20.4 Å². The zero-order valence-corrected chi connectivity index (χ0v) is 20.1. The van der Waals surface area contributed by atoms with Gasteiger partial charge in [0.05, 0.1) is 27.9 Å². The van der Waals surface area contributed by atoms with Crippen LogP contribution >= 0.6 is 23.1 Å². The Bertz CT molecular complexity index is 1330. The summed E-state index contributed by atoms with van der Waals surface area (Å²) in [5.41, 5.74) is -4.24. The van der Waals surface area contributed by atoms with E-state index >= 15 is 0 Å². The maximum atomic E-state index is 14.6. The monoisotopic (exact) mass is 545 g/mol. The van der Waals surface area contributed by atoms with Crippen molar-refractivity contribution in [3.8, 4) is 10.7 Å². The van der Waals surface area contributed by atoms with Gasteiger partial charge in [0, 0.05) is 30.2 Å². The minimum Gasteiger partial charge on any atom is -0.383 e. The molecule has 2 aliphatic rings. The molecule has 1 aromatic carbocycles. The summed E-state index contributed by atoms with van der Waals surface area (Å²) in [5.74, 6) is -1.00. The quantitative estimate of drug-likeness (QED) is 0.329. The lowest BCUT2D eigenvalue weighted by Gasteiger charge is -2.33. The summed E-state index contributed by atoms with van der Waals surface area (Å²) in [4.78, 5) is 29.1. The summed E-state index contributed by atoms with van der Waals surface area (Å²) < 4.78 is 60.8. The fourth-order valence-corrected chi connectivity index (χ4v) is 6.27. The van der Waals surface area contributed by atoms with Crippen LogP contribution in [0.5, 0.6) is 0 Å². The number of amides is 2. The number of rotatable bonds is 5. The second kappa shape index (κ2) is 9.19. The minimum absolute atomic E-state index is 0.00912. The molecule has 2 aliphatic heterocycles. The van der Waals surface area contributed by atoms with Gasteiger partial charge in [-0.25, -0.2) is 4.39 Å². The first-order chi connectivity index (χ1) is 17.0. The largest absolute Gasteiger partial charge is 0.446 e. The Hall–Kier alpha value is -2.91. The van der Waals surface area contributed by atoms with Crippen LogP contribution in [0.2, 0.25) is 0 Å². The van der Waals surface area contributed by atoms with Crippen molar-refractivity contribution in [2.75, 3.05) is 18.9 Å². The van der Waals surface area contributed by atoms with E-state index in [0.29, 0.717) is 10.4 Å². The summed E-state index contributed by atoms with van der Waals surface area (Å²) in [6, 6.07) is 3.07. The smallest absolute Gasteiger partial charge is 0.383 e. The molecule has 15 heteroatoms. The lowest BCUT2D eigenvalue weighted by atomic mass is 10.0. The molecule has 36 heavy (non-hydrogen) atoms. The standard InChI is InChI=1S/C21H19F4N5O4S2/c1-30-7-9(22)11(6-14(30)32)26-10-4-2-3-8-15(10)35-17(16(8)36-21(23,24)25)18-28-20(34-29-18)12-5-13(31)19(33)27-12/h2-4,9,11-13,26,31H,5-7H2,1H3,(H,27,33)/t9-,11+,12+,13-/m0/s1. The SMILES string of the molecule is CN1C[C@H](F)[C@H](Nc2cccc3c(SC(F)(F)F)c(-c4noc([C@H]5C[C@H](O)C(=O)N5)n4)sc23)CC1=O. The van der Waals surface area contributed by atoms with Gasteiger partial charge in [-0.15, -0.1) is 11.3 Å². The number of hydrogen-bond donors (Lipinski definition) is 3. The number of nitrogens with zero attached hydrogens (tertiary/aromatic N) is 3. The number of anilines is 1. The molecule has 0 saturated carbocycles. The molecule has 5 rings (SSSR count). The van der Waals surface area contributed by atoms with Crippen LogP contribution in [0.25, 0.3) is 20.8 Å². The summed E-state index contributed by atoms with van der Waals surface area (Å²) in [6.07, 6.45) is -2.71. The Balaban J connectivity index is 1.53. The fraction of sp³-hybridized carbons (Fsp3) is 0.429. The second-order valence-corrected chi connectivity index (χ2v) is 10.6. The van der Waals surface area contributed by atoms with Gasteiger partial charge in [-0.3, -0.25) is 9.59 Å². The molecule has 2 amide bonds. The normalized spacial score (nSPS) is 25.0. The van der Waals surface area contributed by atoms with E-state index < -0.39 is 35.8 Å². The fourth-order valence-electron chi connectivity index (χ4n) is 4.17. The second-order valence-electron chi connectivity index (χ2n) is 8.50.